The van der Waals surface area contributed by atoms with Gasteiger partial charge in [0.1, 0.15) is 5.75 Å². The van der Waals surface area contributed by atoms with E-state index in [4.69, 9.17) is 4.74 Å². The molecule has 0 spiro atoms. The van der Waals surface area contributed by atoms with Crippen LogP contribution in [0.1, 0.15) is 5.56 Å². The Bertz CT molecular complexity index is 304. The Balaban J connectivity index is 2.42. The molecule has 0 bridgehead atoms. The number of fused-ring (bicyclic) bond motifs is 1. The molecule has 11 heavy (non-hydrogen) atoms. The summed E-state index contributed by atoms with van der Waals surface area (Å²) in [5, 5.41) is 1.14. The Labute approximate surface area is 69.1 Å². The van der Waals surface area contributed by atoms with E-state index in [9.17, 15) is 0 Å². The summed E-state index contributed by atoms with van der Waals surface area (Å²) in [6.45, 7) is 0. The fourth-order valence-electron chi connectivity index (χ4n) is 1.24. The molecule has 1 nitrogen and oxygen atoms in total. The van der Waals surface area contributed by atoms with Gasteiger partial charge in [0.25, 0.3) is 0 Å². The molecular weight excluding hydrogens is 152 g/mol. The molecule has 0 radical (unpaired) electrons. The molecule has 0 unspecified atom stereocenters. The Morgan fingerprint density at radius 1 is 1.27 bits per heavy atom. The quantitative estimate of drug-likeness (QED) is 0.513. The molecule has 0 atom stereocenters. The van der Waals surface area contributed by atoms with Crippen LogP contribution in [0.25, 0.3) is 0 Å². The highest BCUT2D eigenvalue weighted by Gasteiger charge is 2.06. The summed E-state index contributed by atoms with van der Waals surface area (Å²) >= 11 is 0. The van der Waals surface area contributed by atoms with Crippen molar-refractivity contribution in [1.82, 2.24) is 0 Å². The number of allylic oxidation sites excluding steroid dienone is 1. The predicted molar refractivity (Wildman–Crippen MR) is 48.8 cm³/mol. The van der Waals surface area contributed by atoms with E-state index in [0.29, 0.717) is 0 Å². The highest BCUT2D eigenvalue weighted by atomic mass is 28.1. The van der Waals surface area contributed by atoms with Crippen LogP contribution in [-0.4, -0.2) is 10.2 Å². The largest absolute Gasteiger partial charge is 0.468 e. The highest BCUT2D eigenvalue weighted by Crippen LogP contribution is 2.24. The first-order chi connectivity index (χ1) is 5.36. The summed E-state index contributed by atoms with van der Waals surface area (Å²) < 4.78 is 5.55. The molecule has 56 valence electrons. The van der Waals surface area contributed by atoms with Crippen LogP contribution in [0.3, 0.4) is 0 Å². The Morgan fingerprint density at radius 2 is 2.09 bits per heavy atom. The smallest absolute Gasteiger partial charge is 0.129 e. The number of benzene rings is 1. The molecule has 1 aliphatic heterocycles. The lowest BCUT2D eigenvalue weighted by Crippen LogP contribution is -2.03. The van der Waals surface area contributed by atoms with Crippen molar-refractivity contribution in [3.05, 3.63) is 41.3 Å². The molecule has 0 saturated heterocycles. The van der Waals surface area contributed by atoms with Gasteiger partial charge < -0.3 is 4.74 Å². The van der Waals surface area contributed by atoms with Crippen molar-refractivity contribution in [2.75, 3.05) is 0 Å². The lowest BCUT2D eigenvalue weighted by atomic mass is 10.1. The third-order valence-electron chi connectivity index (χ3n) is 1.85. The molecule has 1 heterocycles. The first-order valence-corrected chi connectivity index (χ1v) is 4.79. The van der Waals surface area contributed by atoms with Crippen molar-refractivity contribution in [1.29, 1.82) is 0 Å². The third-order valence-corrected chi connectivity index (χ3v) is 2.47. The minimum atomic E-state index is 1.01. The Kier molecular flexibility index (Phi) is 1.54. The summed E-state index contributed by atoms with van der Waals surface area (Å²) in [7, 11) is 1.01. The van der Waals surface area contributed by atoms with Gasteiger partial charge in [0, 0.05) is 0 Å². The lowest BCUT2D eigenvalue weighted by Gasteiger charge is -2.14. The maximum atomic E-state index is 5.55. The van der Waals surface area contributed by atoms with E-state index in [2.05, 4.69) is 12.1 Å². The summed E-state index contributed by atoms with van der Waals surface area (Å²) in [5.74, 6) is 1.04. The average Bonchev–Trinajstić information content (AvgIpc) is 2.04. The number of hydrogen-bond acceptors (Lipinski definition) is 1. The van der Waals surface area contributed by atoms with Gasteiger partial charge in [0.2, 0.25) is 0 Å². The zero-order chi connectivity index (χ0) is 7.68. The van der Waals surface area contributed by atoms with Crippen LogP contribution in [0, 0.1) is 0 Å². The van der Waals surface area contributed by atoms with Gasteiger partial charge in [-0.2, -0.15) is 0 Å². The maximum absolute atomic E-state index is 5.55. The van der Waals surface area contributed by atoms with E-state index in [1.165, 1.54) is 5.56 Å². The molecule has 0 amide bonds. The molecule has 0 N–H and O–H groups in total. The van der Waals surface area contributed by atoms with Crippen molar-refractivity contribution in [3.8, 4) is 5.75 Å². The van der Waals surface area contributed by atoms with Gasteiger partial charge in [-0.25, -0.2) is 0 Å². The van der Waals surface area contributed by atoms with E-state index in [1.807, 2.05) is 18.2 Å². The molecule has 1 aliphatic rings. The number of ether oxygens (including phenoxy) is 1. The second kappa shape index (κ2) is 2.55. The SMILES string of the molecule is [SiH3]C1=CCc2ccccc2O1. The summed E-state index contributed by atoms with van der Waals surface area (Å²) in [6, 6.07) is 8.20. The van der Waals surface area contributed by atoms with Crippen LogP contribution in [0.2, 0.25) is 0 Å². The number of rotatable bonds is 0. The second-order valence-corrected chi connectivity index (χ2v) is 3.71. The van der Waals surface area contributed by atoms with Crippen molar-refractivity contribution < 1.29 is 4.74 Å². The minimum Gasteiger partial charge on any atom is -0.468 e. The summed E-state index contributed by atoms with van der Waals surface area (Å²) in [6.07, 6.45) is 3.20. The Morgan fingerprint density at radius 3 is 3.00 bits per heavy atom. The minimum absolute atomic E-state index is 1.01. The zero-order valence-electron chi connectivity index (χ0n) is 6.50. The van der Waals surface area contributed by atoms with Crippen LogP contribution in [0.4, 0.5) is 0 Å². The fourth-order valence-corrected chi connectivity index (χ4v) is 1.66. The normalized spacial score (nSPS) is 15.1. The molecule has 0 fully saturated rings. The van der Waals surface area contributed by atoms with Crippen LogP contribution in [0.15, 0.2) is 35.7 Å². The average molecular weight is 162 g/mol. The molecule has 2 heteroatoms. The van der Waals surface area contributed by atoms with E-state index in [0.717, 1.165) is 27.8 Å². The van der Waals surface area contributed by atoms with E-state index < -0.39 is 0 Å². The van der Waals surface area contributed by atoms with Gasteiger partial charge in [0.15, 0.2) is 0 Å². The van der Waals surface area contributed by atoms with Crippen LogP contribution < -0.4 is 4.74 Å². The summed E-state index contributed by atoms with van der Waals surface area (Å²) in [5.41, 5.74) is 1.30. The van der Waals surface area contributed by atoms with E-state index >= 15 is 0 Å². The lowest BCUT2D eigenvalue weighted by molar-refractivity contribution is 0.446. The van der Waals surface area contributed by atoms with Crippen molar-refractivity contribution in [2.24, 2.45) is 0 Å². The van der Waals surface area contributed by atoms with Gasteiger partial charge in [-0.3, -0.25) is 0 Å². The topological polar surface area (TPSA) is 9.23 Å². The van der Waals surface area contributed by atoms with Crippen LogP contribution in [-0.2, 0) is 6.42 Å². The van der Waals surface area contributed by atoms with Crippen molar-refractivity contribution in [2.45, 2.75) is 6.42 Å². The predicted octanol–water partition coefficient (Wildman–Crippen LogP) is 0.828. The molecule has 0 saturated carbocycles. The third kappa shape index (κ3) is 1.21. The second-order valence-electron chi connectivity index (χ2n) is 2.73. The number of para-hydroxylation sites is 1. The van der Waals surface area contributed by atoms with Gasteiger partial charge in [-0.05, 0) is 24.1 Å². The van der Waals surface area contributed by atoms with Gasteiger partial charge in [-0.1, -0.05) is 18.2 Å². The highest BCUT2D eigenvalue weighted by molar-refractivity contribution is 6.20. The van der Waals surface area contributed by atoms with Crippen molar-refractivity contribution >= 4 is 10.2 Å². The first-order valence-electron chi connectivity index (χ1n) is 3.79. The molecular formula is C9H10OSi. The number of hydrogen-bond donors (Lipinski definition) is 0. The molecule has 2 rings (SSSR count). The first kappa shape index (κ1) is 6.67. The van der Waals surface area contributed by atoms with Gasteiger partial charge in [-0.15, -0.1) is 0 Å². The molecule has 1 aromatic rings. The van der Waals surface area contributed by atoms with E-state index in [-0.39, 0.29) is 0 Å². The molecule has 0 aliphatic carbocycles. The van der Waals surface area contributed by atoms with Crippen LogP contribution >= 0.6 is 0 Å². The van der Waals surface area contributed by atoms with Crippen LogP contribution in [0.5, 0.6) is 5.75 Å². The monoisotopic (exact) mass is 162 g/mol. The molecule has 0 aromatic heterocycles. The maximum Gasteiger partial charge on any atom is 0.129 e. The zero-order valence-corrected chi connectivity index (χ0v) is 8.50. The summed E-state index contributed by atoms with van der Waals surface area (Å²) in [4.78, 5) is 0. The fraction of sp³-hybridized carbons (Fsp3) is 0.111. The standard InChI is InChI=1S/C9H10OSi/c11-9-6-5-7-3-1-2-4-8(7)10-9/h1-4,6H,5H2,11H3. The van der Waals surface area contributed by atoms with Crippen molar-refractivity contribution in [3.63, 3.8) is 0 Å². The Hall–Kier alpha value is -1.02. The van der Waals surface area contributed by atoms with E-state index in [1.54, 1.807) is 0 Å². The molecule has 1 aromatic carbocycles. The van der Waals surface area contributed by atoms with Gasteiger partial charge in [0.05, 0.1) is 15.6 Å². The van der Waals surface area contributed by atoms with Gasteiger partial charge >= 0.3 is 0 Å².